The maximum Gasteiger partial charge on any atom is 0.269 e. The molecule has 84 valence electrons. The molecule has 0 saturated heterocycles. The highest BCUT2D eigenvalue weighted by Gasteiger charge is 2.14. The molecule has 0 aliphatic rings. The summed E-state index contributed by atoms with van der Waals surface area (Å²) < 4.78 is 0.601. The number of fused-ring (bicyclic) bond motifs is 3. The van der Waals surface area contributed by atoms with Gasteiger partial charge in [-0.25, -0.2) is 4.98 Å². The summed E-state index contributed by atoms with van der Waals surface area (Å²) >= 11 is 3.29. The quantitative estimate of drug-likeness (QED) is 0.676. The summed E-state index contributed by atoms with van der Waals surface area (Å²) in [6.07, 6.45) is 0. The molecule has 0 aliphatic heterocycles. The van der Waals surface area contributed by atoms with E-state index in [0.717, 1.165) is 16.3 Å². The molecule has 0 unspecified atom stereocenters. The Morgan fingerprint density at radius 2 is 2.06 bits per heavy atom. The Bertz CT molecular complexity index is 748. The number of hydrogen-bond acceptors (Lipinski definition) is 2. The van der Waals surface area contributed by atoms with Gasteiger partial charge in [0.2, 0.25) is 0 Å². The van der Waals surface area contributed by atoms with Gasteiger partial charge in [-0.2, -0.15) is 0 Å². The number of primary amides is 1. The molecule has 0 radical (unpaired) electrons. The fourth-order valence-electron chi connectivity index (χ4n) is 1.99. The second kappa shape index (κ2) is 3.56. The topological polar surface area (TPSA) is 71.8 Å². The molecule has 2 aromatic heterocycles. The molecule has 2 heterocycles. The van der Waals surface area contributed by atoms with Crippen molar-refractivity contribution in [2.24, 2.45) is 5.73 Å². The van der Waals surface area contributed by atoms with Crippen LogP contribution in [0, 0.1) is 0 Å². The van der Waals surface area contributed by atoms with E-state index in [2.05, 4.69) is 25.9 Å². The van der Waals surface area contributed by atoms with Gasteiger partial charge in [0, 0.05) is 16.3 Å². The number of halogens is 1. The Hall–Kier alpha value is -1.88. The number of amides is 1. The van der Waals surface area contributed by atoms with Crippen LogP contribution in [-0.4, -0.2) is 15.9 Å². The summed E-state index contributed by atoms with van der Waals surface area (Å²) in [4.78, 5) is 18.6. The molecule has 1 aromatic carbocycles. The largest absolute Gasteiger partial charge is 0.364 e. The summed E-state index contributed by atoms with van der Waals surface area (Å²) in [5, 5.41) is 1.99. The fraction of sp³-hybridized carbons (Fsp3) is 0. The van der Waals surface area contributed by atoms with Gasteiger partial charge in [0.05, 0.1) is 5.52 Å². The average molecular weight is 290 g/mol. The Morgan fingerprint density at radius 3 is 2.82 bits per heavy atom. The molecule has 3 rings (SSSR count). The summed E-state index contributed by atoms with van der Waals surface area (Å²) in [6, 6.07) is 9.71. The third-order valence-corrected chi connectivity index (χ3v) is 3.10. The third-order valence-electron chi connectivity index (χ3n) is 2.70. The van der Waals surface area contributed by atoms with Crippen molar-refractivity contribution in [3.05, 3.63) is 40.6 Å². The minimum Gasteiger partial charge on any atom is -0.364 e. The van der Waals surface area contributed by atoms with Crippen molar-refractivity contribution < 1.29 is 4.79 Å². The first-order valence-corrected chi connectivity index (χ1v) is 5.83. The van der Waals surface area contributed by atoms with Crippen LogP contribution in [0.15, 0.2) is 34.9 Å². The molecule has 5 heteroatoms. The van der Waals surface area contributed by atoms with E-state index in [-0.39, 0.29) is 5.69 Å². The van der Waals surface area contributed by atoms with Crippen LogP contribution < -0.4 is 5.73 Å². The Kier molecular flexibility index (Phi) is 2.16. The first-order chi connectivity index (χ1) is 8.16. The van der Waals surface area contributed by atoms with Gasteiger partial charge in [-0.05, 0) is 28.1 Å². The molecule has 3 aromatic rings. The van der Waals surface area contributed by atoms with Crippen LogP contribution in [0.25, 0.3) is 21.8 Å². The Labute approximate surface area is 105 Å². The van der Waals surface area contributed by atoms with E-state index in [9.17, 15) is 4.79 Å². The zero-order valence-electron chi connectivity index (χ0n) is 8.70. The molecule has 17 heavy (non-hydrogen) atoms. The van der Waals surface area contributed by atoms with E-state index >= 15 is 0 Å². The molecular formula is C12H8BrN3O. The van der Waals surface area contributed by atoms with E-state index in [1.54, 1.807) is 0 Å². The maximum atomic E-state index is 11.4. The number of hydrogen-bond donors (Lipinski definition) is 2. The van der Waals surface area contributed by atoms with Crippen molar-refractivity contribution in [3.8, 4) is 0 Å². The molecule has 4 nitrogen and oxygen atoms in total. The van der Waals surface area contributed by atoms with Crippen LogP contribution in [0.1, 0.15) is 10.5 Å². The number of benzene rings is 1. The summed E-state index contributed by atoms with van der Waals surface area (Å²) in [5.74, 6) is -0.539. The second-order valence-corrected chi connectivity index (χ2v) is 4.56. The second-order valence-electron chi connectivity index (χ2n) is 3.75. The number of aromatic nitrogens is 2. The van der Waals surface area contributed by atoms with Gasteiger partial charge >= 0.3 is 0 Å². The normalized spacial score (nSPS) is 11.1. The molecule has 0 fully saturated rings. The number of carbonyl (C=O) groups excluding carboxylic acids is 1. The number of nitrogens with one attached hydrogen (secondary N) is 1. The number of nitrogens with two attached hydrogens (primary N) is 1. The van der Waals surface area contributed by atoms with Crippen LogP contribution in [0.5, 0.6) is 0 Å². The first-order valence-electron chi connectivity index (χ1n) is 5.03. The molecule has 0 bridgehead atoms. The molecule has 0 spiro atoms. The summed E-state index contributed by atoms with van der Waals surface area (Å²) in [6.45, 7) is 0. The predicted octanol–water partition coefficient (Wildman–Crippen LogP) is 2.58. The molecule has 1 amide bonds. The maximum absolute atomic E-state index is 11.4. The van der Waals surface area contributed by atoms with Crippen LogP contribution in [-0.2, 0) is 0 Å². The van der Waals surface area contributed by atoms with Crippen LogP contribution >= 0.6 is 15.9 Å². The fourth-order valence-corrected chi connectivity index (χ4v) is 2.40. The minimum absolute atomic E-state index is 0.255. The highest BCUT2D eigenvalue weighted by molar-refractivity contribution is 9.10. The highest BCUT2D eigenvalue weighted by Crippen LogP contribution is 2.28. The van der Waals surface area contributed by atoms with Gasteiger partial charge in [0.1, 0.15) is 4.60 Å². The lowest BCUT2D eigenvalue weighted by Crippen LogP contribution is -2.13. The van der Waals surface area contributed by atoms with Crippen molar-refractivity contribution in [2.75, 3.05) is 0 Å². The number of para-hydroxylation sites is 1. The van der Waals surface area contributed by atoms with E-state index < -0.39 is 5.91 Å². The van der Waals surface area contributed by atoms with Gasteiger partial charge in [-0.15, -0.1) is 0 Å². The summed E-state index contributed by atoms with van der Waals surface area (Å²) in [7, 11) is 0. The number of rotatable bonds is 1. The number of carbonyl (C=O) groups is 1. The lowest BCUT2D eigenvalue weighted by molar-refractivity contribution is 0.0997. The van der Waals surface area contributed by atoms with Gasteiger partial charge < -0.3 is 10.7 Å². The zero-order chi connectivity index (χ0) is 12.0. The Morgan fingerprint density at radius 1 is 1.29 bits per heavy atom. The monoisotopic (exact) mass is 289 g/mol. The van der Waals surface area contributed by atoms with Gasteiger partial charge in [0.25, 0.3) is 5.91 Å². The van der Waals surface area contributed by atoms with Gasteiger partial charge in [0.15, 0.2) is 5.69 Å². The molecular weight excluding hydrogens is 282 g/mol. The number of H-pyrrole nitrogens is 1. The number of nitrogens with zero attached hydrogens (tertiary/aromatic N) is 1. The average Bonchev–Trinajstić information content (AvgIpc) is 2.66. The van der Waals surface area contributed by atoms with Crippen LogP contribution in [0.3, 0.4) is 0 Å². The predicted molar refractivity (Wildman–Crippen MR) is 69.8 cm³/mol. The highest BCUT2D eigenvalue weighted by atomic mass is 79.9. The third kappa shape index (κ3) is 1.51. The van der Waals surface area contributed by atoms with E-state index in [1.807, 2.05) is 30.3 Å². The minimum atomic E-state index is -0.539. The molecule has 0 atom stereocenters. The van der Waals surface area contributed by atoms with Gasteiger partial charge in [-0.1, -0.05) is 18.2 Å². The van der Waals surface area contributed by atoms with Crippen LogP contribution in [0.2, 0.25) is 0 Å². The van der Waals surface area contributed by atoms with E-state index in [0.29, 0.717) is 10.1 Å². The van der Waals surface area contributed by atoms with Crippen molar-refractivity contribution in [1.82, 2.24) is 9.97 Å². The van der Waals surface area contributed by atoms with Crippen molar-refractivity contribution in [1.29, 1.82) is 0 Å². The SMILES string of the molecule is NC(=O)c1nc(Br)cc2c1[nH]c1ccccc12. The van der Waals surface area contributed by atoms with Crippen molar-refractivity contribution >= 4 is 43.6 Å². The lowest BCUT2D eigenvalue weighted by atomic mass is 10.1. The molecule has 0 saturated carbocycles. The molecule has 0 aliphatic carbocycles. The van der Waals surface area contributed by atoms with E-state index in [4.69, 9.17) is 5.73 Å². The van der Waals surface area contributed by atoms with Crippen molar-refractivity contribution in [2.45, 2.75) is 0 Å². The first kappa shape index (κ1) is 10.3. The summed E-state index contributed by atoms with van der Waals surface area (Å²) in [5.41, 5.74) is 7.23. The number of pyridine rings is 1. The smallest absolute Gasteiger partial charge is 0.269 e. The van der Waals surface area contributed by atoms with Crippen LogP contribution in [0.4, 0.5) is 0 Å². The standard InChI is InChI=1S/C12H8BrN3O/c13-9-5-7-6-3-1-2-4-8(6)15-10(7)11(16-9)12(14)17/h1-5,15H,(H2,14,17). The van der Waals surface area contributed by atoms with Gasteiger partial charge in [-0.3, -0.25) is 4.79 Å². The zero-order valence-corrected chi connectivity index (χ0v) is 10.3. The lowest BCUT2D eigenvalue weighted by Gasteiger charge is -1.98. The van der Waals surface area contributed by atoms with Crippen molar-refractivity contribution in [3.63, 3.8) is 0 Å². The Balaban J connectivity index is 2.55. The molecule has 3 N–H and O–H groups in total. The van der Waals surface area contributed by atoms with E-state index in [1.165, 1.54) is 0 Å². The number of aromatic amines is 1.